The van der Waals surface area contributed by atoms with Gasteiger partial charge in [-0.05, 0) is 32.4 Å². The molecule has 0 saturated carbocycles. The monoisotopic (exact) mass is 378 g/mol. The number of aliphatic imine (C=N–C) groups is 1. The molecule has 146 valence electrons. The first-order chi connectivity index (χ1) is 12.7. The fraction of sp³-hybridized carbons (Fsp3) is 0.789. The first kappa shape index (κ1) is 19.4. The topological polar surface area (TPSA) is 47.0 Å². The van der Waals surface area contributed by atoms with Crippen molar-refractivity contribution in [2.45, 2.75) is 45.6 Å². The number of hydrogen-bond acceptors (Lipinski definition) is 5. The molecule has 7 heteroatoms. The molecule has 3 heterocycles. The lowest BCUT2D eigenvalue weighted by molar-refractivity contribution is 0.223. The van der Waals surface area contributed by atoms with Crippen LogP contribution in [0.4, 0.5) is 5.13 Å². The van der Waals surface area contributed by atoms with Gasteiger partial charge in [0.2, 0.25) is 0 Å². The first-order valence-electron chi connectivity index (χ1n) is 10.1. The Morgan fingerprint density at radius 3 is 2.77 bits per heavy atom. The molecule has 0 aliphatic carbocycles. The molecule has 1 aromatic heterocycles. The van der Waals surface area contributed by atoms with Crippen LogP contribution in [0.3, 0.4) is 0 Å². The molecule has 2 aliphatic heterocycles. The van der Waals surface area contributed by atoms with Crippen molar-refractivity contribution in [2.24, 2.45) is 4.99 Å². The highest BCUT2D eigenvalue weighted by molar-refractivity contribution is 7.13. The summed E-state index contributed by atoms with van der Waals surface area (Å²) in [5, 5.41) is 6.95. The van der Waals surface area contributed by atoms with E-state index in [2.05, 4.69) is 44.2 Å². The zero-order valence-electron chi connectivity index (χ0n) is 16.6. The zero-order chi connectivity index (χ0) is 18.4. The minimum Gasteiger partial charge on any atom is -0.356 e. The van der Waals surface area contributed by atoms with Crippen LogP contribution >= 0.6 is 11.3 Å². The minimum atomic E-state index is 0.658. The fourth-order valence-electron chi connectivity index (χ4n) is 4.07. The van der Waals surface area contributed by atoms with Crippen LogP contribution in [0.2, 0.25) is 0 Å². The van der Waals surface area contributed by atoms with Crippen LogP contribution in [0.5, 0.6) is 0 Å². The Hall–Kier alpha value is -1.34. The van der Waals surface area contributed by atoms with Gasteiger partial charge in [-0.25, -0.2) is 4.98 Å². The van der Waals surface area contributed by atoms with Crippen LogP contribution < -0.4 is 10.2 Å². The summed E-state index contributed by atoms with van der Waals surface area (Å²) in [5.74, 6) is 1.04. The molecule has 2 saturated heterocycles. The number of likely N-dealkylation sites (tertiary alicyclic amines) is 1. The second-order valence-electron chi connectivity index (χ2n) is 7.15. The number of nitrogens with zero attached hydrogens (tertiary/aromatic N) is 5. The summed E-state index contributed by atoms with van der Waals surface area (Å²) >= 11 is 1.79. The van der Waals surface area contributed by atoms with E-state index in [4.69, 9.17) is 4.98 Å². The minimum absolute atomic E-state index is 0.658. The summed E-state index contributed by atoms with van der Waals surface area (Å²) in [5.41, 5.74) is 1.20. The maximum absolute atomic E-state index is 4.81. The number of aromatic nitrogens is 1. The maximum atomic E-state index is 4.81. The van der Waals surface area contributed by atoms with Gasteiger partial charge in [0.05, 0.1) is 5.69 Å². The number of thiazole rings is 1. The average molecular weight is 379 g/mol. The summed E-state index contributed by atoms with van der Waals surface area (Å²) in [6.07, 6.45) is 4.79. The number of hydrogen-bond donors (Lipinski definition) is 1. The fourth-order valence-corrected chi connectivity index (χ4v) is 4.99. The van der Waals surface area contributed by atoms with Crippen molar-refractivity contribution in [3.8, 4) is 0 Å². The smallest absolute Gasteiger partial charge is 0.193 e. The SMILES string of the molecule is CCN(CC)C1CCN(C(=NC)NCCc2csc(N3CCCC3)n2)C1. The molecule has 2 aliphatic rings. The van der Waals surface area contributed by atoms with Gasteiger partial charge in [-0.2, -0.15) is 0 Å². The van der Waals surface area contributed by atoms with E-state index in [1.807, 2.05) is 7.05 Å². The van der Waals surface area contributed by atoms with Crippen molar-refractivity contribution in [1.82, 2.24) is 20.1 Å². The van der Waals surface area contributed by atoms with E-state index < -0.39 is 0 Å². The number of rotatable bonds is 7. The predicted molar refractivity (Wildman–Crippen MR) is 112 cm³/mol. The van der Waals surface area contributed by atoms with Crippen molar-refractivity contribution in [2.75, 3.05) is 57.8 Å². The summed E-state index contributed by atoms with van der Waals surface area (Å²) < 4.78 is 0. The van der Waals surface area contributed by atoms with Gasteiger partial charge in [0, 0.05) is 57.6 Å². The van der Waals surface area contributed by atoms with Gasteiger partial charge in [0.1, 0.15) is 0 Å². The van der Waals surface area contributed by atoms with Gasteiger partial charge in [-0.1, -0.05) is 13.8 Å². The summed E-state index contributed by atoms with van der Waals surface area (Å²) in [4.78, 5) is 16.7. The molecule has 0 radical (unpaired) electrons. The van der Waals surface area contributed by atoms with E-state index in [0.29, 0.717) is 6.04 Å². The highest BCUT2D eigenvalue weighted by Gasteiger charge is 2.27. The number of likely N-dealkylation sites (N-methyl/N-ethyl adjacent to an activating group) is 1. The van der Waals surface area contributed by atoms with Crippen LogP contribution in [-0.2, 0) is 6.42 Å². The molecule has 1 aromatic rings. The van der Waals surface area contributed by atoms with Crippen LogP contribution in [0.15, 0.2) is 10.4 Å². The molecule has 26 heavy (non-hydrogen) atoms. The van der Waals surface area contributed by atoms with Crippen LogP contribution in [0.1, 0.15) is 38.8 Å². The van der Waals surface area contributed by atoms with Gasteiger partial charge in [0.15, 0.2) is 11.1 Å². The van der Waals surface area contributed by atoms with E-state index in [9.17, 15) is 0 Å². The normalized spacial score (nSPS) is 21.2. The summed E-state index contributed by atoms with van der Waals surface area (Å²) in [6, 6.07) is 0.658. The van der Waals surface area contributed by atoms with E-state index in [0.717, 1.165) is 45.1 Å². The van der Waals surface area contributed by atoms with E-state index in [1.165, 1.54) is 43.2 Å². The lowest BCUT2D eigenvalue weighted by Crippen LogP contribution is -2.43. The van der Waals surface area contributed by atoms with Crippen LogP contribution in [-0.4, -0.2) is 79.6 Å². The molecule has 1 atom stereocenters. The van der Waals surface area contributed by atoms with E-state index >= 15 is 0 Å². The van der Waals surface area contributed by atoms with E-state index in [1.54, 1.807) is 11.3 Å². The van der Waals surface area contributed by atoms with Gasteiger partial charge in [-0.3, -0.25) is 9.89 Å². The number of anilines is 1. The van der Waals surface area contributed by atoms with E-state index in [-0.39, 0.29) is 0 Å². The summed E-state index contributed by atoms with van der Waals surface area (Å²) in [7, 11) is 1.89. The largest absolute Gasteiger partial charge is 0.356 e. The second kappa shape index (κ2) is 9.55. The Morgan fingerprint density at radius 2 is 2.08 bits per heavy atom. The molecule has 0 amide bonds. The van der Waals surface area contributed by atoms with Crippen molar-refractivity contribution >= 4 is 22.4 Å². The summed E-state index contributed by atoms with van der Waals surface area (Å²) in [6.45, 7) is 12.2. The Labute approximate surface area is 162 Å². The standard InChI is InChI=1S/C19H34N6S/c1-4-23(5-2)17-9-13-25(14-17)18(20-3)21-10-8-16-15-26-19(22-16)24-11-6-7-12-24/h15,17H,4-14H2,1-3H3,(H,20,21). The van der Waals surface area contributed by atoms with Crippen molar-refractivity contribution < 1.29 is 0 Å². The third-order valence-electron chi connectivity index (χ3n) is 5.58. The lowest BCUT2D eigenvalue weighted by Gasteiger charge is -2.27. The zero-order valence-corrected chi connectivity index (χ0v) is 17.4. The Balaban J connectivity index is 1.45. The molecule has 1 unspecified atom stereocenters. The number of guanidine groups is 1. The molecule has 0 bridgehead atoms. The number of nitrogens with one attached hydrogen (secondary N) is 1. The van der Waals surface area contributed by atoms with Gasteiger partial charge < -0.3 is 15.1 Å². The third-order valence-corrected chi connectivity index (χ3v) is 6.53. The average Bonchev–Trinajstić information content (AvgIpc) is 3.40. The van der Waals surface area contributed by atoms with Crippen molar-refractivity contribution in [3.05, 3.63) is 11.1 Å². The van der Waals surface area contributed by atoms with Crippen LogP contribution in [0, 0.1) is 0 Å². The van der Waals surface area contributed by atoms with Crippen molar-refractivity contribution in [3.63, 3.8) is 0 Å². The van der Waals surface area contributed by atoms with Gasteiger partial charge >= 0.3 is 0 Å². The maximum Gasteiger partial charge on any atom is 0.193 e. The Kier molecular flexibility index (Phi) is 7.14. The lowest BCUT2D eigenvalue weighted by atomic mass is 10.2. The van der Waals surface area contributed by atoms with Crippen LogP contribution in [0.25, 0.3) is 0 Å². The molecule has 0 spiro atoms. The molecule has 6 nitrogen and oxygen atoms in total. The van der Waals surface area contributed by atoms with Crippen molar-refractivity contribution in [1.29, 1.82) is 0 Å². The highest BCUT2D eigenvalue weighted by atomic mass is 32.1. The third kappa shape index (κ3) is 4.68. The Bertz CT molecular complexity index is 576. The molecule has 1 N–H and O–H groups in total. The first-order valence-corrected chi connectivity index (χ1v) is 11.0. The second-order valence-corrected chi connectivity index (χ2v) is 7.99. The predicted octanol–water partition coefficient (Wildman–Crippen LogP) is 2.28. The quantitative estimate of drug-likeness (QED) is 0.583. The van der Waals surface area contributed by atoms with Gasteiger partial charge in [0.25, 0.3) is 0 Å². The Morgan fingerprint density at radius 1 is 1.31 bits per heavy atom. The molecule has 0 aromatic carbocycles. The molecule has 3 rings (SSSR count). The van der Waals surface area contributed by atoms with Gasteiger partial charge in [-0.15, -0.1) is 11.3 Å². The molecular weight excluding hydrogens is 344 g/mol. The molecule has 2 fully saturated rings. The molecular formula is C19H34N6S. The highest BCUT2D eigenvalue weighted by Crippen LogP contribution is 2.24.